The third-order valence-corrected chi connectivity index (χ3v) is 3.21. The first-order valence-electron chi connectivity index (χ1n) is 6.82. The second-order valence-corrected chi connectivity index (χ2v) is 5.01. The van der Waals surface area contributed by atoms with Crippen LogP contribution in [0.15, 0.2) is 59.1 Å². The van der Waals surface area contributed by atoms with Crippen molar-refractivity contribution in [2.75, 3.05) is 0 Å². The fourth-order valence-electron chi connectivity index (χ4n) is 1.95. The molecule has 3 aromatic rings. The molecule has 0 N–H and O–H groups in total. The van der Waals surface area contributed by atoms with Gasteiger partial charge in [0.15, 0.2) is 5.76 Å². The molecular formula is C19H15NO. The van der Waals surface area contributed by atoms with Crippen LogP contribution in [-0.4, -0.2) is 4.98 Å². The highest BCUT2D eigenvalue weighted by Gasteiger charge is 2.03. The Hall–Kier alpha value is -2.79. The van der Waals surface area contributed by atoms with Crippen molar-refractivity contribution < 1.29 is 4.42 Å². The highest BCUT2D eigenvalue weighted by atomic mass is 16.4. The minimum atomic E-state index is 0.436. The molecule has 0 saturated heterocycles. The topological polar surface area (TPSA) is 26.0 Å². The predicted molar refractivity (Wildman–Crippen MR) is 83.8 cm³/mol. The number of hydrogen-bond donors (Lipinski definition) is 0. The molecule has 0 spiro atoms. The van der Waals surface area contributed by atoms with Gasteiger partial charge in [-0.3, -0.25) is 0 Å². The van der Waals surface area contributed by atoms with Crippen LogP contribution in [0, 0.1) is 25.7 Å². The van der Waals surface area contributed by atoms with E-state index in [9.17, 15) is 0 Å². The Morgan fingerprint density at radius 3 is 2.10 bits per heavy atom. The van der Waals surface area contributed by atoms with Gasteiger partial charge in [-0.1, -0.05) is 53.4 Å². The molecule has 2 nitrogen and oxygen atoms in total. The molecule has 1 heterocycles. The van der Waals surface area contributed by atoms with Crippen LogP contribution < -0.4 is 0 Å². The highest BCUT2D eigenvalue weighted by Crippen LogP contribution is 2.20. The van der Waals surface area contributed by atoms with Gasteiger partial charge in [0, 0.05) is 11.1 Å². The van der Waals surface area contributed by atoms with Crippen LogP contribution in [-0.2, 0) is 0 Å². The Kier molecular flexibility index (Phi) is 3.57. The summed E-state index contributed by atoms with van der Waals surface area (Å²) in [7, 11) is 0. The summed E-state index contributed by atoms with van der Waals surface area (Å²) in [5, 5.41) is 0. The van der Waals surface area contributed by atoms with Crippen LogP contribution in [0.3, 0.4) is 0 Å². The first kappa shape index (κ1) is 13.2. The van der Waals surface area contributed by atoms with Crippen molar-refractivity contribution in [3.8, 4) is 23.2 Å². The molecule has 0 aliphatic carbocycles. The Labute approximate surface area is 124 Å². The maximum atomic E-state index is 5.67. The van der Waals surface area contributed by atoms with E-state index in [4.69, 9.17) is 4.42 Å². The summed E-state index contributed by atoms with van der Waals surface area (Å²) in [6.45, 7) is 4.11. The van der Waals surface area contributed by atoms with Crippen LogP contribution in [0.1, 0.15) is 22.6 Å². The summed E-state index contributed by atoms with van der Waals surface area (Å²) < 4.78 is 5.67. The van der Waals surface area contributed by atoms with Gasteiger partial charge in [-0.25, -0.2) is 4.98 Å². The van der Waals surface area contributed by atoms with Gasteiger partial charge in [-0.15, -0.1) is 0 Å². The third kappa shape index (κ3) is 3.21. The van der Waals surface area contributed by atoms with Gasteiger partial charge in [0.25, 0.3) is 5.89 Å². The van der Waals surface area contributed by atoms with E-state index in [0.717, 1.165) is 16.9 Å². The van der Waals surface area contributed by atoms with Gasteiger partial charge in [0.1, 0.15) is 0 Å². The molecule has 21 heavy (non-hydrogen) atoms. The summed E-state index contributed by atoms with van der Waals surface area (Å²) in [5.41, 5.74) is 4.41. The van der Waals surface area contributed by atoms with Crippen LogP contribution in [0.4, 0.5) is 0 Å². The lowest BCUT2D eigenvalue weighted by molar-refractivity contribution is 0.557. The van der Waals surface area contributed by atoms with Crippen LogP contribution in [0.25, 0.3) is 11.3 Å². The van der Waals surface area contributed by atoms with Gasteiger partial charge in [0.05, 0.1) is 6.20 Å². The normalized spacial score (nSPS) is 10.0. The van der Waals surface area contributed by atoms with E-state index < -0.39 is 0 Å². The van der Waals surface area contributed by atoms with Crippen molar-refractivity contribution in [2.24, 2.45) is 0 Å². The summed E-state index contributed by atoms with van der Waals surface area (Å²) in [6.07, 6.45) is 1.71. The van der Waals surface area contributed by atoms with E-state index in [1.807, 2.05) is 36.4 Å². The number of aryl methyl sites for hydroxylation is 2. The molecule has 0 aliphatic rings. The van der Waals surface area contributed by atoms with Crippen molar-refractivity contribution >= 4 is 0 Å². The number of benzene rings is 2. The molecule has 0 aliphatic heterocycles. The largest absolute Gasteiger partial charge is 0.430 e. The van der Waals surface area contributed by atoms with Crippen molar-refractivity contribution in [3.63, 3.8) is 0 Å². The molecule has 2 aromatic carbocycles. The van der Waals surface area contributed by atoms with Crippen molar-refractivity contribution in [1.82, 2.24) is 4.98 Å². The van der Waals surface area contributed by atoms with Crippen molar-refractivity contribution in [3.05, 3.63) is 77.3 Å². The molecule has 3 rings (SSSR count). The Morgan fingerprint density at radius 2 is 1.43 bits per heavy atom. The van der Waals surface area contributed by atoms with E-state index in [-0.39, 0.29) is 0 Å². The van der Waals surface area contributed by atoms with Gasteiger partial charge in [0.2, 0.25) is 0 Å². The molecule has 0 bridgehead atoms. The lowest BCUT2D eigenvalue weighted by Gasteiger charge is -1.95. The van der Waals surface area contributed by atoms with E-state index in [1.165, 1.54) is 11.1 Å². The number of oxazole rings is 1. The van der Waals surface area contributed by atoms with Crippen molar-refractivity contribution in [1.29, 1.82) is 0 Å². The predicted octanol–water partition coefficient (Wildman–Crippen LogP) is 4.36. The monoisotopic (exact) mass is 273 g/mol. The Bertz CT molecular complexity index is 799. The quantitative estimate of drug-likeness (QED) is 0.616. The highest BCUT2D eigenvalue weighted by molar-refractivity contribution is 5.57. The average Bonchev–Trinajstić information content (AvgIpc) is 2.96. The van der Waals surface area contributed by atoms with Gasteiger partial charge in [-0.05, 0) is 31.9 Å². The fraction of sp³-hybridized carbons (Fsp3) is 0.105. The zero-order chi connectivity index (χ0) is 14.7. The van der Waals surface area contributed by atoms with Gasteiger partial charge < -0.3 is 4.42 Å². The first-order chi connectivity index (χ1) is 10.2. The summed E-state index contributed by atoms with van der Waals surface area (Å²) in [4.78, 5) is 4.21. The zero-order valence-electron chi connectivity index (χ0n) is 12.1. The fourth-order valence-corrected chi connectivity index (χ4v) is 1.95. The minimum absolute atomic E-state index is 0.436. The molecular weight excluding hydrogens is 258 g/mol. The summed E-state index contributed by atoms with van der Waals surface area (Å²) in [5.74, 6) is 7.19. The molecule has 2 heteroatoms. The van der Waals surface area contributed by atoms with E-state index in [2.05, 4.69) is 42.8 Å². The van der Waals surface area contributed by atoms with Crippen LogP contribution >= 0.6 is 0 Å². The summed E-state index contributed by atoms with van der Waals surface area (Å²) in [6, 6.07) is 16.2. The second kappa shape index (κ2) is 5.68. The van der Waals surface area contributed by atoms with E-state index in [1.54, 1.807) is 6.20 Å². The third-order valence-electron chi connectivity index (χ3n) is 3.21. The molecule has 0 fully saturated rings. The maximum absolute atomic E-state index is 5.67. The molecule has 102 valence electrons. The smallest absolute Gasteiger partial charge is 0.274 e. The second-order valence-electron chi connectivity index (χ2n) is 5.01. The summed E-state index contributed by atoms with van der Waals surface area (Å²) >= 11 is 0. The van der Waals surface area contributed by atoms with E-state index >= 15 is 0 Å². The minimum Gasteiger partial charge on any atom is -0.430 e. The van der Waals surface area contributed by atoms with Crippen LogP contribution in [0.5, 0.6) is 0 Å². The maximum Gasteiger partial charge on any atom is 0.274 e. The van der Waals surface area contributed by atoms with Gasteiger partial charge in [-0.2, -0.15) is 0 Å². The SMILES string of the molecule is Cc1ccc(C#Cc2ncc(-c3ccc(C)cc3)o2)cc1. The molecule has 0 unspecified atom stereocenters. The number of aromatic nitrogens is 1. The Balaban J connectivity index is 1.82. The first-order valence-corrected chi connectivity index (χ1v) is 6.82. The zero-order valence-corrected chi connectivity index (χ0v) is 12.1. The molecule has 1 aromatic heterocycles. The van der Waals surface area contributed by atoms with Crippen LogP contribution in [0.2, 0.25) is 0 Å². The Morgan fingerprint density at radius 1 is 0.810 bits per heavy atom. The molecule has 0 atom stereocenters. The number of nitrogens with zero attached hydrogens (tertiary/aromatic N) is 1. The van der Waals surface area contributed by atoms with E-state index in [0.29, 0.717) is 5.89 Å². The lowest BCUT2D eigenvalue weighted by atomic mass is 10.1. The number of hydrogen-bond acceptors (Lipinski definition) is 2. The molecule has 0 radical (unpaired) electrons. The average molecular weight is 273 g/mol. The molecule has 0 saturated carbocycles. The number of rotatable bonds is 1. The lowest BCUT2D eigenvalue weighted by Crippen LogP contribution is -1.76. The molecule has 0 amide bonds. The van der Waals surface area contributed by atoms with Crippen molar-refractivity contribution in [2.45, 2.75) is 13.8 Å². The van der Waals surface area contributed by atoms with Gasteiger partial charge >= 0.3 is 0 Å². The standard InChI is InChI=1S/C19H15NO/c1-14-3-7-16(8-4-14)9-12-19-20-13-18(21-19)17-10-5-15(2)6-11-17/h3-8,10-11,13H,1-2H3.